The molecule has 0 radical (unpaired) electrons. The minimum absolute atomic E-state index is 0.0426. The van der Waals surface area contributed by atoms with Gasteiger partial charge in [0.15, 0.2) is 0 Å². The molecular weight excluding hydrogens is 576 g/mol. The van der Waals surface area contributed by atoms with Gasteiger partial charge in [0.25, 0.3) is 17.7 Å². The molecule has 0 aliphatic rings. The minimum atomic E-state index is -0.634. The van der Waals surface area contributed by atoms with Crippen LogP contribution in [0.4, 0.5) is 11.4 Å². The van der Waals surface area contributed by atoms with Crippen molar-refractivity contribution in [2.24, 2.45) is 5.73 Å². The number of ether oxygens (including phenoxy) is 1. The first kappa shape index (κ1) is 31.6. The Kier molecular flexibility index (Phi) is 10.9. The molecule has 9 nitrogen and oxygen atoms in total. The Hall–Kier alpha value is -5.35. The van der Waals surface area contributed by atoms with Crippen molar-refractivity contribution in [3.05, 3.63) is 126 Å². The fourth-order valence-corrected chi connectivity index (χ4v) is 5.17. The summed E-state index contributed by atoms with van der Waals surface area (Å²) in [7, 11) is 1.56. The van der Waals surface area contributed by atoms with E-state index in [1.807, 2.05) is 13.0 Å². The number of benzene rings is 4. The maximum absolute atomic E-state index is 13.5. The number of anilines is 2. The number of primary amides is 1. The smallest absolute Gasteiger partial charge is 0.272 e. The van der Waals surface area contributed by atoms with E-state index in [9.17, 15) is 19.2 Å². The molecule has 0 fully saturated rings. The average Bonchev–Trinajstić information content (AvgIpc) is 3.04. The van der Waals surface area contributed by atoms with Gasteiger partial charge in [0, 0.05) is 16.1 Å². The van der Waals surface area contributed by atoms with Gasteiger partial charge in [0.1, 0.15) is 11.4 Å². The van der Waals surface area contributed by atoms with E-state index in [2.05, 4.69) is 16.0 Å². The van der Waals surface area contributed by atoms with Crippen LogP contribution in [0.25, 0.3) is 6.08 Å². The van der Waals surface area contributed by atoms with Crippen LogP contribution in [0.3, 0.4) is 0 Å². The molecule has 44 heavy (non-hydrogen) atoms. The van der Waals surface area contributed by atoms with Crippen molar-refractivity contribution >= 4 is 52.8 Å². The Morgan fingerprint density at radius 2 is 1.57 bits per heavy atom. The standard InChI is InChI=1S/C34H32N4O5S/c1-3-30(34(42)37-28-15-8-7-14-27(28)31(35)39)44-26-13-9-12-24(21-26)36-33(41)29(20-22-16-18-25(43-2)19-17-22)38-32(40)23-10-5-4-6-11-23/h4-21,30H,3H2,1-2H3,(H2,35,39)(H,36,41)(H,37,42)(H,38,40)/b29-20+. The van der Waals surface area contributed by atoms with Crippen molar-refractivity contribution < 1.29 is 23.9 Å². The predicted molar refractivity (Wildman–Crippen MR) is 173 cm³/mol. The van der Waals surface area contributed by atoms with Crippen LogP contribution < -0.4 is 26.4 Å². The monoisotopic (exact) mass is 608 g/mol. The molecule has 0 aromatic heterocycles. The zero-order chi connectivity index (χ0) is 31.5. The molecule has 0 spiro atoms. The summed E-state index contributed by atoms with van der Waals surface area (Å²) in [5, 5.41) is 7.89. The van der Waals surface area contributed by atoms with Gasteiger partial charge in [-0.3, -0.25) is 19.2 Å². The summed E-state index contributed by atoms with van der Waals surface area (Å²) in [4.78, 5) is 52.0. The summed E-state index contributed by atoms with van der Waals surface area (Å²) in [6, 6.07) is 29.3. The van der Waals surface area contributed by atoms with Gasteiger partial charge < -0.3 is 26.4 Å². The van der Waals surface area contributed by atoms with Crippen molar-refractivity contribution in [1.29, 1.82) is 0 Å². The summed E-state index contributed by atoms with van der Waals surface area (Å²) in [6.07, 6.45) is 2.08. The fraction of sp³-hybridized carbons (Fsp3) is 0.118. The number of nitrogens with one attached hydrogen (secondary N) is 3. The number of methoxy groups -OCH3 is 1. The van der Waals surface area contributed by atoms with Crippen LogP contribution in [-0.2, 0) is 9.59 Å². The summed E-state index contributed by atoms with van der Waals surface area (Å²) in [5.74, 6) is -1.22. The minimum Gasteiger partial charge on any atom is -0.497 e. The second-order valence-electron chi connectivity index (χ2n) is 9.55. The second kappa shape index (κ2) is 15.2. The molecule has 1 unspecified atom stereocenters. The van der Waals surface area contributed by atoms with Crippen molar-refractivity contribution in [3.63, 3.8) is 0 Å². The molecule has 4 rings (SSSR count). The van der Waals surface area contributed by atoms with Gasteiger partial charge in [-0.1, -0.05) is 55.5 Å². The third kappa shape index (κ3) is 8.59. The number of amides is 4. The van der Waals surface area contributed by atoms with Gasteiger partial charge in [-0.05, 0) is 72.7 Å². The number of hydrogen-bond donors (Lipinski definition) is 4. The van der Waals surface area contributed by atoms with Gasteiger partial charge in [0.2, 0.25) is 5.91 Å². The topological polar surface area (TPSA) is 140 Å². The lowest BCUT2D eigenvalue weighted by Gasteiger charge is -2.17. The third-order valence-electron chi connectivity index (χ3n) is 6.44. The predicted octanol–water partition coefficient (Wildman–Crippen LogP) is 5.71. The van der Waals surface area contributed by atoms with Crippen molar-refractivity contribution in [2.45, 2.75) is 23.5 Å². The van der Waals surface area contributed by atoms with Gasteiger partial charge in [-0.15, -0.1) is 11.8 Å². The highest BCUT2D eigenvalue weighted by Crippen LogP contribution is 2.29. The highest BCUT2D eigenvalue weighted by Gasteiger charge is 2.21. The molecule has 1 atom stereocenters. The lowest BCUT2D eigenvalue weighted by atomic mass is 10.1. The molecule has 0 saturated carbocycles. The molecule has 0 aliphatic heterocycles. The Balaban J connectivity index is 1.51. The largest absolute Gasteiger partial charge is 0.497 e. The second-order valence-corrected chi connectivity index (χ2v) is 10.8. The Bertz CT molecular complexity index is 1670. The van der Waals surface area contributed by atoms with Crippen molar-refractivity contribution in [2.75, 3.05) is 17.7 Å². The number of rotatable bonds is 12. The summed E-state index contributed by atoms with van der Waals surface area (Å²) in [6.45, 7) is 1.88. The summed E-state index contributed by atoms with van der Waals surface area (Å²) >= 11 is 1.32. The highest BCUT2D eigenvalue weighted by molar-refractivity contribution is 8.00. The van der Waals surface area contributed by atoms with E-state index in [1.54, 1.807) is 110 Å². The Labute approximate surface area is 259 Å². The first-order chi connectivity index (χ1) is 21.3. The number of thioether (sulfide) groups is 1. The van der Waals surface area contributed by atoms with E-state index in [4.69, 9.17) is 10.5 Å². The molecule has 0 saturated heterocycles. The number of hydrogen-bond acceptors (Lipinski definition) is 6. The average molecular weight is 609 g/mol. The Morgan fingerprint density at radius 1 is 0.864 bits per heavy atom. The summed E-state index contributed by atoms with van der Waals surface area (Å²) in [5.41, 5.74) is 7.63. The molecule has 10 heteroatoms. The Morgan fingerprint density at radius 3 is 2.25 bits per heavy atom. The number of nitrogens with two attached hydrogens (primary N) is 1. The highest BCUT2D eigenvalue weighted by atomic mass is 32.2. The van der Waals surface area contributed by atoms with Crippen LogP contribution in [0.5, 0.6) is 5.75 Å². The number of para-hydroxylation sites is 1. The number of carbonyl (C=O) groups excluding carboxylic acids is 4. The molecular formula is C34H32N4O5S. The maximum atomic E-state index is 13.5. The zero-order valence-electron chi connectivity index (χ0n) is 24.2. The fourth-order valence-electron chi connectivity index (χ4n) is 4.16. The van der Waals surface area contributed by atoms with Gasteiger partial charge in [0.05, 0.1) is 23.6 Å². The quantitative estimate of drug-likeness (QED) is 0.120. The van der Waals surface area contributed by atoms with E-state index in [0.29, 0.717) is 34.7 Å². The van der Waals surface area contributed by atoms with E-state index in [0.717, 1.165) is 4.90 Å². The van der Waals surface area contributed by atoms with Crippen LogP contribution in [0.15, 0.2) is 114 Å². The SMILES string of the molecule is CCC(Sc1cccc(NC(=O)/C(=C\c2ccc(OC)cc2)NC(=O)c2ccccc2)c1)C(=O)Nc1ccccc1C(N)=O. The van der Waals surface area contributed by atoms with E-state index < -0.39 is 23.0 Å². The van der Waals surface area contributed by atoms with Gasteiger partial charge in [-0.2, -0.15) is 0 Å². The van der Waals surface area contributed by atoms with Crippen LogP contribution in [0.1, 0.15) is 39.6 Å². The molecule has 5 N–H and O–H groups in total. The van der Waals surface area contributed by atoms with Crippen LogP contribution >= 0.6 is 11.8 Å². The van der Waals surface area contributed by atoms with Crippen LogP contribution in [0.2, 0.25) is 0 Å². The van der Waals surface area contributed by atoms with Crippen LogP contribution in [0, 0.1) is 0 Å². The molecule has 0 bridgehead atoms. The normalized spacial score (nSPS) is 11.6. The lowest BCUT2D eigenvalue weighted by Crippen LogP contribution is -2.30. The van der Waals surface area contributed by atoms with E-state index >= 15 is 0 Å². The molecule has 4 amide bonds. The van der Waals surface area contributed by atoms with E-state index in [1.165, 1.54) is 11.8 Å². The molecule has 224 valence electrons. The van der Waals surface area contributed by atoms with Gasteiger partial charge in [-0.25, -0.2) is 0 Å². The first-order valence-electron chi connectivity index (χ1n) is 13.8. The van der Waals surface area contributed by atoms with Crippen molar-refractivity contribution in [3.8, 4) is 5.75 Å². The first-order valence-corrected chi connectivity index (χ1v) is 14.6. The summed E-state index contributed by atoms with van der Waals surface area (Å²) < 4.78 is 5.21. The molecule has 0 aliphatic carbocycles. The molecule has 4 aromatic rings. The van der Waals surface area contributed by atoms with Crippen LogP contribution in [-0.4, -0.2) is 36.0 Å². The molecule has 4 aromatic carbocycles. The molecule has 0 heterocycles. The van der Waals surface area contributed by atoms with Crippen molar-refractivity contribution in [1.82, 2.24) is 5.32 Å². The maximum Gasteiger partial charge on any atom is 0.272 e. The van der Waals surface area contributed by atoms with Gasteiger partial charge >= 0.3 is 0 Å². The van der Waals surface area contributed by atoms with E-state index in [-0.39, 0.29) is 17.2 Å². The zero-order valence-corrected chi connectivity index (χ0v) is 25.0. The third-order valence-corrected chi connectivity index (χ3v) is 7.80. The lowest BCUT2D eigenvalue weighted by molar-refractivity contribution is -0.116. The number of carbonyl (C=O) groups is 4.